The molecule has 0 amide bonds. The topological polar surface area (TPSA) is 29.9 Å². The fourth-order valence-corrected chi connectivity index (χ4v) is 2.56. The predicted molar refractivity (Wildman–Crippen MR) is 79.8 cm³/mol. The number of aromatic nitrogens is 2. The lowest BCUT2D eigenvalue weighted by atomic mass is 10.0. The van der Waals surface area contributed by atoms with Gasteiger partial charge in [-0.2, -0.15) is 5.10 Å². The van der Waals surface area contributed by atoms with Crippen LogP contribution in [0.3, 0.4) is 0 Å². The molecule has 0 fully saturated rings. The molecule has 1 aromatic carbocycles. The third-order valence-electron chi connectivity index (χ3n) is 3.10. The summed E-state index contributed by atoms with van der Waals surface area (Å²) < 4.78 is 1.88. The summed E-state index contributed by atoms with van der Waals surface area (Å²) in [6, 6.07) is 7.76. The summed E-state index contributed by atoms with van der Waals surface area (Å²) in [6.07, 6.45) is 2.59. The summed E-state index contributed by atoms with van der Waals surface area (Å²) in [5.41, 5.74) is 2.18. The molecule has 0 aliphatic heterocycles. The Morgan fingerprint density at radius 3 is 2.74 bits per heavy atom. The van der Waals surface area contributed by atoms with E-state index in [1.807, 2.05) is 29.9 Å². The zero-order valence-corrected chi connectivity index (χ0v) is 12.5. The van der Waals surface area contributed by atoms with Crippen LogP contribution in [0.1, 0.15) is 24.2 Å². The van der Waals surface area contributed by atoms with E-state index in [0.717, 1.165) is 29.2 Å². The third-order valence-corrected chi connectivity index (χ3v) is 3.70. The molecule has 5 heteroatoms. The van der Waals surface area contributed by atoms with Gasteiger partial charge in [0.15, 0.2) is 0 Å². The second-order valence-electron chi connectivity index (χ2n) is 4.43. The molecule has 0 aliphatic carbocycles. The van der Waals surface area contributed by atoms with Gasteiger partial charge in [0, 0.05) is 23.3 Å². The number of halogens is 2. The van der Waals surface area contributed by atoms with Gasteiger partial charge in [-0.15, -0.1) is 0 Å². The highest BCUT2D eigenvalue weighted by atomic mass is 35.5. The zero-order chi connectivity index (χ0) is 13.8. The van der Waals surface area contributed by atoms with Gasteiger partial charge < -0.3 is 5.32 Å². The summed E-state index contributed by atoms with van der Waals surface area (Å²) in [7, 11) is 1.94. The SMILES string of the molecule is CCNC(Cc1cc(Cl)ccc1Cl)c1ccnn1C. The van der Waals surface area contributed by atoms with E-state index in [1.54, 1.807) is 12.3 Å². The monoisotopic (exact) mass is 297 g/mol. The minimum absolute atomic E-state index is 0.175. The third kappa shape index (κ3) is 3.50. The van der Waals surface area contributed by atoms with Gasteiger partial charge in [0.25, 0.3) is 0 Å². The fourth-order valence-electron chi connectivity index (χ4n) is 2.17. The van der Waals surface area contributed by atoms with E-state index < -0.39 is 0 Å². The van der Waals surface area contributed by atoms with Crippen LogP contribution in [0.5, 0.6) is 0 Å². The average Bonchev–Trinajstić information content (AvgIpc) is 2.79. The van der Waals surface area contributed by atoms with Crippen molar-refractivity contribution in [3.05, 3.63) is 51.8 Å². The number of rotatable bonds is 5. The van der Waals surface area contributed by atoms with Crippen molar-refractivity contribution in [2.75, 3.05) is 6.54 Å². The number of likely N-dealkylation sites (N-methyl/N-ethyl adjacent to an activating group) is 1. The Hall–Kier alpha value is -1.03. The first-order chi connectivity index (χ1) is 9.11. The highest BCUT2D eigenvalue weighted by molar-refractivity contribution is 6.33. The van der Waals surface area contributed by atoms with E-state index in [-0.39, 0.29) is 6.04 Å². The Bertz CT molecular complexity index is 551. The standard InChI is InChI=1S/C14H17Cl2N3/c1-3-17-13(14-6-7-18-19(14)2)9-10-8-11(15)4-5-12(10)16/h4-8,13,17H,3,9H2,1-2H3. The van der Waals surface area contributed by atoms with Crippen molar-refractivity contribution in [3.8, 4) is 0 Å². The second-order valence-corrected chi connectivity index (χ2v) is 5.27. The van der Waals surface area contributed by atoms with Gasteiger partial charge in [-0.25, -0.2) is 0 Å². The molecule has 0 saturated carbocycles. The normalized spacial score (nSPS) is 12.6. The maximum Gasteiger partial charge on any atom is 0.0553 e. The first-order valence-electron chi connectivity index (χ1n) is 6.27. The number of nitrogens with one attached hydrogen (secondary N) is 1. The largest absolute Gasteiger partial charge is 0.309 e. The van der Waals surface area contributed by atoms with Gasteiger partial charge in [0.05, 0.1) is 11.7 Å². The lowest BCUT2D eigenvalue weighted by molar-refractivity contribution is 0.508. The first kappa shape index (κ1) is 14.4. The number of aryl methyl sites for hydroxylation is 1. The Kier molecular flexibility index (Phi) is 4.86. The molecule has 19 heavy (non-hydrogen) atoms. The van der Waals surface area contributed by atoms with Crippen molar-refractivity contribution < 1.29 is 0 Å². The summed E-state index contributed by atoms with van der Waals surface area (Å²) in [5.74, 6) is 0. The van der Waals surface area contributed by atoms with Crippen LogP contribution in [0.25, 0.3) is 0 Å². The van der Waals surface area contributed by atoms with E-state index in [0.29, 0.717) is 5.02 Å². The quantitative estimate of drug-likeness (QED) is 0.913. The van der Waals surface area contributed by atoms with Crippen LogP contribution in [0, 0.1) is 0 Å². The van der Waals surface area contributed by atoms with E-state index >= 15 is 0 Å². The molecule has 0 saturated heterocycles. The van der Waals surface area contributed by atoms with Crippen molar-refractivity contribution in [2.45, 2.75) is 19.4 Å². The van der Waals surface area contributed by atoms with Crippen LogP contribution < -0.4 is 5.32 Å². The molecular weight excluding hydrogens is 281 g/mol. The van der Waals surface area contributed by atoms with Crippen molar-refractivity contribution >= 4 is 23.2 Å². The van der Waals surface area contributed by atoms with Crippen LogP contribution in [0.2, 0.25) is 10.0 Å². The van der Waals surface area contributed by atoms with Crippen LogP contribution in [-0.2, 0) is 13.5 Å². The molecule has 0 radical (unpaired) electrons. The summed E-state index contributed by atoms with van der Waals surface area (Å²) in [6.45, 7) is 2.97. The summed E-state index contributed by atoms with van der Waals surface area (Å²) in [4.78, 5) is 0. The Balaban J connectivity index is 2.26. The summed E-state index contributed by atoms with van der Waals surface area (Å²) in [5, 5.41) is 9.13. The molecule has 1 aromatic heterocycles. The van der Waals surface area contributed by atoms with Gasteiger partial charge >= 0.3 is 0 Å². The highest BCUT2D eigenvalue weighted by Gasteiger charge is 2.16. The lowest BCUT2D eigenvalue weighted by Gasteiger charge is -2.19. The van der Waals surface area contributed by atoms with Crippen LogP contribution in [0.15, 0.2) is 30.5 Å². The zero-order valence-electron chi connectivity index (χ0n) is 11.0. The number of hydrogen-bond donors (Lipinski definition) is 1. The van der Waals surface area contributed by atoms with E-state index in [9.17, 15) is 0 Å². The number of benzene rings is 1. The maximum atomic E-state index is 6.23. The first-order valence-corrected chi connectivity index (χ1v) is 7.02. The molecule has 102 valence electrons. The molecule has 0 bridgehead atoms. The van der Waals surface area contributed by atoms with Crippen molar-refractivity contribution in [2.24, 2.45) is 7.05 Å². The van der Waals surface area contributed by atoms with Gasteiger partial charge in [-0.3, -0.25) is 4.68 Å². The minimum Gasteiger partial charge on any atom is -0.309 e. The second kappa shape index (κ2) is 6.42. The lowest BCUT2D eigenvalue weighted by Crippen LogP contribution is -2.25. The molecule has 0 spiro atoms. The molecule has 1 heterocycles. The average molecular weight is 298 g/mol. The van der Waals surface area contributed by atoms with Crippen LogP contribution in [0.4, 0.5) is 0 Å². The molecule has 3 nitrogen and oxygen atoms in total. The molecular formula is C14H17Cl2N3. The van der Waals surface area contributed by atoms with Crippen LogP contribution >= 0.6 is 23.2 Å². The number of hydrogen-bond acceptors (Lipinski definition) is 2. The molecule has 2 aromatic rings. The van der Waals surface area contributed by atoms with Crippen LogP contribution in [-0.4, -0.2) is 16.3 Å². The van der Waals surface area contributed by atoms with Gasteiger partial charge in [-0.1, -0.05) is 30.1 Å². The molecule has 0 aliphatic rings. The molecule has 1 unspecified atom stereocenters. The Morgan fingerprint density at radius 1 is 1.32 bits per heavy atom. The van der Waals surface area contributed by atoms with Crippen molar-refractivity contribution in [1.82, 2.24) is 15.1 Å². The number of nitrogens with zero attached hydrogens (tertiary/aromatic N) is 2. The van der Waals surface area contributed by atoms with Gasteiger partial charge in [0.2, 0.25) is 0 Å². The minimum atomic E-state index is 0.175. The Labute approximate surface area is 123 Å². The fraction of sp³-hybridized carbons (Fsp3) is 0.357. The summed E-state index contributed by atoms with van der Waals surface area (Å²) >= 11 is 12.3. The molecule has 2 rings (SSSR count). The van der Waals surface area contributed by atoms with E-state index in [4.69, 9.17) is 23.2 Å². The Morgan fingerprint density at radius 2 is 2.11 bits per heavy atom. The predicted octanol–water partition coefficient (Wildman–Crippen LogP) is 3.62. The van der Waals surface area contributed by atoms with Gasteiger partial charge in [-0.05, 0) is 42.8 Å². The smallest absolute Gasteiger partial charge is 0.0553 e. The maximum absolute atomic E-state index is 6.23. The van der Waals surface area contributed by atoms with E-state index in [1.165, 1.54) is 0 Å². The van der Waals surface area contributed by atoms with Crippen molar-refractivity contribution in [3.63, 3.8) is 0 Å². The van der Waals surface area contributed by atoms with E-state index in [2.05, 4.69) is 17.3 Å². The van der Waals surface area contributed by atoms with Crippen molar-refractivity contribution in [1.29, 1.82) is 0 Å². The molecule has 1 N–H and O–H groups in total. The highest BCUT2D eigenvalue weighted by Crippen LogP contribution is 2.26. The molecule has 1 atom stereocenters. The van der Waals surface area contributed by atoms with Gasteiger partial charge in [0.1, 0.15) is 0 Å².